The van der Waals surface area contributed by atoms with Gasteiger partial charge in [0.2, 0.25) is 15.9 Å². The lowest BCUT2D eigenvalue weighted by molar-refractivity contribution is 0.176. The molecule has 1 saturated carbocycles. The predicted octanol–water partition coefficient (Wildman–Crippen LogP) is 1.44. The molecule has 1 aliphatic heterocycles. The third-order valence-corrected chi connectivity index (χ3v) is 6.36. The zero-order valence-corrected chi connectivity index (χ0v) is 14.8. The van der Waals surface area contributed by atoms with Crippen molar-refractivity contribution in [2.24, 2.45) is 5.92 Å². The van der Waals surface area contributed by atoms with Gasteiger partial charge in [0.25, 0.3) is 0 Å². The van der Waals surface area contributed by atoms with Crippen molar-refractivity contribution in [1.29, 1.82) is 0 Å². The van der Waals surface area contributed by atoms with E-state index in [1.54, 1.807) is 4.31 Å². The molecule has 0 bridgehead atoms. The van der Waals surface area contributed by atoms with Crippen molar-refractivity contribution in [3.05, 3.63) is 11.7 Å². The van der Waals surface area contributed by atoms with Crippen LogP contribution in [-0.4, -0.2) is 59.7 Å². The van der Waals surface area contributed by atoms with Gasteiger partial charge < -0.3 is 4.52 Å². The fraction of sp³-hybridized carbons (Fsp3) is 0.867. The zero-order valence-electron chi connectivity index (χ0n) is 13.9. The first-order valence-corrected chi connectivity index (χ1v) is 10.1. The van der Waals surface area contributed by atoms with Gasteiger partial charge in [-0.3, -0.25) is 4.90 Å². The Kier molecular flexibility index (Phi) is 5.03. The molecule has 130 valence electrons. The molecule has 8 heteroatoms. The summed E-state index contributed by atoms with van der Waals surface area (Å²) in [6.45, 7) is 7.27. The highest BCUT2D eigenvalue weighted by molar-refractivity contribution is 7.89. The highest BCUT2D eigenvalue weighted by Crippen LogP contribution is 2.38. The van der Waals surface area contributed by atoms with E-state index in [0.29, 0.717) is 50.4 Å². The second-order valence-electron chi connectivity index (χ2n) is 7.00. The van der Waals surface area contributed by atoms with Gasteiger partial charge in [-0.2, -0.15) is 9.29 Å². The van der Waals surface area contributed by atoms with Crippen LogP contribution in [0.2, 0.25) is 0 Å². The molecule has 0 amide bonds. The van der Waals surface area contributed by atoms with E-state index in [1.165, 1.54) is 0 Å². The molecule has 2 fully saturated rings. The Morgan fingerprint density at radius 3 is 2.52 bits per heavy atom. The largest absolute Gasteiger partial charge is 0.339 e. The summed E-state index contributed by atoms with van der Waals surface area (Å²) < 4.78 is 31.5. The Hall–Kier alpha value is -0.990. The quantitative estimate of drug-likeness (QED) is 0.746. The monoisotopic (exact) mass is 342 g/mol. The fourth-order valence-electron chi connectivity index (χ4n) is 2.71. The van der Waals surface area contributed by atoms with Crippen LogP contribution in [0.4, 0.5) is 0 Å². The number of rotatable bonds is 7. The van der Waals surface area contributed by atoms with Gasteiger partial charge in [0.1, 0.15) is 0 Å². The Morgan fingerprint density at radius 1 is 1.22 bits per heavy atom. The summed E-state index contributed by atoms with van der Waals surface area (Å²) in [4.78, 5) is 6.62. The number of nitrogens with zero attached hydrogens (tertiary/aromatic N) is 4. The van der Waals surface area contributed by atoms with Crippen LogP contribution in [0.1, 0.15) is 50.7 Å². The van der Waals surface area contributed by atoms with E-state index < -0.39 is 10.0 Å². The molecule has 1 aromatic heterocycles. The number of hydrogen-bond acceptors (Lipinski definition) is 6. The van der Waals surface area contributed by atoms with Crippen LogP contribution < -0.4 is 0 Å². The average molecular weight is 342 g/mol. The van der Waals surface area contributed by atoms with Crippen molar-refractivity contribution < 1.29 is 12.9 Å². The van der Waals surface area contributed by atoms with Crippen LogP contribution in [-0.2, 0) is 16.6 Å². The zero-order chi connectivity index (χ0) is 16.4. The standard InChI is InChI=1S/C15H26N4O3S/c1-12(2)5-10-23(20,21)19-8-6-18(7-9-19)11-14-16-15(22-17-14)13-3-4-13/h12-13H,3-11H2,1-2H3. The molecular weight excluding hydrogens is 316 g/mol. The second kappa shape index (κ2) is 6.86. The minimum Gasteiger partial charge on any atom is -0.339 e. The molecule has 0 aromatic carbocycles. The van der Waals surface area contributed by atoms with E-state index in [4.69, 9.17) is 4.52 Å². The molecule has 0 N–H and O–H groups in total. The van der Waals surface area contributed by atoms with Crippen molar-refractivity contribution in [1.82, 2.24) is 19.3 Å². The minimum absolute atomic E-state index is 0.250. The Balaban J connectivity index is 1.47. The van der Waals surface area contributed by atoms with Crippen molar-refractivity contribution >= 4 is 10.0 Å². The molecule has 0 radical (unpaired) electrons. The Morgan fingerprint density at radius 2 is 1.91 bits per heavy atom. The summed E-state index contributed by atoms with van der Waals surface area (Å²) in [6, 6.07) is 0. The van der Waals surface area contributed by atoms with Crippen LogP contribution in [0.5, 0.6) is 0 Å². The van der Waals surface area contributed by atoms with Gasteiger partial charge in [-0.05, 0) is 25.2 Å². The number of sulfonamides is 1. The SMILES string of the molecule is CC(C)CCS(=O)(=O)N1CCN(Cc2noc(C3CC3)n2)CC1. The van der Waals surface area contributed by atoms with E-state index in [-0.39, 0.29) is 5.75 Å². The highest BCUT2D eigenvalue weighted by atomic mass is 32.2. The molecule has 0 atom stereocenters. The van der Waals surface area contributed by atoms with Gasteiger partial charge in [-0.15, -0.1) is 0 Å². The second-order valence-corrected chi connectivity index (χ2v) is 9.09. The number of piperazine rings is 1. The normalized spacial score (nSPS) is 21.2. The maximum atomic E-state index is 12.3. The molecule has 7 nitrogen and oxygen atoms in total. The lowest BCUT2D eigenvalue weighted by atomic mass is 10.2. The van der Waals surface area contributed by atoms with Crippen molar-refractivity contribution in [3.8, 4) is 0 Å². The summed E-state index contributed by atoms with van der Waals surface area (Å²) >= 11 is 0. The van der Waals surface area contributed by atoms with E-state index in [9.17, 15) is 8.42 Å². The predicted molar refractivity (Wildman–Crippen MR) is 86.4 cm³/mol. The number of aromatic nitrogens is 2. The van der Waals surface area contributed by atoms with E-state index >= 15 is 0 Å². The first kappa shape index (κ1) is 16.9. The molecule has 0 spiro atoms. The van der Waals surface area contributed by atoms with Gasteiger partial charge in [0.05, 0.1) is 12.3 Å². The number of hydrogen-bond donors (Lipinski definition) is 0. The van der Waals surface area contributed by atoms with Crippen molar-refractivity contribution in [2.45, 2.75) is 45.6 Å². The van der Waals surface area contributed by atoms with Gasteiger partial charge in [-0.25, -0.2) is 8.42 Å². The van der Waals surface area contributed by atoms with Crippen LogP contribution in [0, 0.1) is 5.92 Å². The molecule has 2 heterocycles. The third-order valence-electron chi connectivity index (χ3n) is 4.45. The topological polar surface area (TPSA) is 79.5 Å². The molecule has 23 heavy (non-hydrogen) atoms. The maximum absolute atomic E-state index is 12.3. The smallest absolute Gasteiger partial charge is 0.229 e. The molecule has 0 unspecified atom stereocenters. The minimum atomic E-state index is -3.12. The summed E-state index contributed by atoms with van der Waals surface area (Å²) in [7, 11) is -3.12. The van der Waals surface area contributed by atoms with Crippen LogP contribution in [0.25, 0.3) is 0 Å². The van der Waals surface area contributed by atoms with E-state index in [0.717, 1.165) is 25.2 Å². The van der Waals surface area contributed by atoms with Gasteiger partial charge >= 0.3 is 0 Å². The molecular formula is C15H26N4O3S. The molecule has 1 aliphatic carbocycles. The summed E-state index contributed by atoms with van der Waals surface area (Å²) in [5.41, 5.74) is 0. The first-order valence-electron chi connectivity index (χ1n) is 8.46. The fourth-order valence-corrected chi connectivity index (χ4v) is 4.45. The van der Waals surface area contributed by atoms with Crippen molar-refractivity contribution in [2.75, 3.05) is 31.9 Å². The van der Waals surface area contributed by atoms with Gasteiger partial charge in [0.15, 0.2) is 5.82 Å². The lowest BCUT2D eigenvalue weighted by Crippen LogP contribution is -2.49. The van der Waals surface area contributed by atoms with Crippen LogP contribution in [0.3, 0.4) is 0 Å². The Bertz CT molecular complexity index is 616. The van der Waals surface area contributed by atoms with Gasteiger partial charge in [0, 0.05) is 32.1 Å². The maximum Gasteiger partial charge on any atom is 0.229 e. The lowest BCUT2D eigenvalue weighted by Gasteiger charge is -2.33. The average Bonchev–Trinajstić information content (AvgIpc) is 3.26. The molecule has 3 rings (SSSR count). The van der Waals surface area contributed by atoms with E-state index in [2.05, 4.69) is 15.0 Å². The highest BCUT2D eigenvalue weighted by Gasteiger charge is 2.31. The summed E-state index contributed by atoms with van der Waals surface area (Å²) in [6.07, 6.45) is 3.01. The first-order chi connectivity index (χ1) is 10.9. The third kappa shape index (κ3) is 4.51. The molecule has 1 aromatic rings. The van der Waals surface area contributed by atoms with Gasteiger partial charge in [-0.1, -0.05) is 19.0 Å². The summed E-state index contributed by atoms with van der Waals surface area (Å²) in [5, 5.41) is 4.03. The van der Waals surface area contributed by atoms with Crippen LogP contribution in [0.15, 0.2) is 4.52 Å². The van der Waals surface area contributed by atoms with E-state index in [1.807, 2.05) is 13.8 Å². The summed E-state index contributed by atoms with van der Waals surface area (Å²) in [5.74, 6) is 2.60. The van der Waals surface area contributed by atoms with Crippen molar-refractivity contribution in [3.63, 3.8) is 0 Å². The molecule has 2 aliphatic rings. The van der Waals surface area contributed by atoms with Crippen LogP contribution >= 0.6 is 0 Å². The Labute approximate surface area is 138 Å². The molecule has 1 saturated heterocycles.